The van der Waals surface area contributed by atoms with Gasteiger partial charge in [-0.05, 0) is 50.2 Å². The minimum Gasteiger partial charge on any atom is -0.434 e. The molecule has 1 unspecified atom stereocenters. The third-order valence-corrected chi connectivity index (χ3v) is 5.94. The maximum absolute atomic E-state index is 13.7. The van der Waals surface area contributed by atoms with Crippen molar-refractivity contribution in [2.24, 2.45) is 5.92 Å². The number of allylic oxidation sites excluding steroid dienone is 5. The Morgan fingerprint density at radius 2 is 2.07 bits per heavy atom. The number of aliphatic hydroxyl groups is 1. The summed E-state index contributed by atoms with van der Waals surface area (Å²) >= 11 is 0. The number of ether oxygens (including phenoxy) is 2. The van der Waals surface area contributed by atoms with E-state index in [1.54, 1.807) is 6.08 Å². The molecule has 5 nitrogen and oxygen atoms in total. The molecule has 0 aromatic rings. The number of hydrogen-bond donors (Lipinski definition) is 1. The van der Waals surface area contributed by atoms with Crippen molar-refractivity contribution in [3.05, 3.63) is 35.7 Å². The summed E-state index contributed by atoms with van der Waals surface area (Å²) < 4.78 is 62.3. The Balaban J connectivity index is 1.57. The predicted molar refractivity (Wildman–Crippen MR) is 101 cm³/mol. The van der Waals surface area contributed by atoms with Crippen molar-refractivity contribution in [1.82, 2.24) is 4.90 Å². The van der Waals surface area contributed by atoms with Gasteiger partial charge in [-0.1, -0.05) is 18.2 Å². The number of rotatable bonds is 3. The summed E-state index contributed by atoms with van der Waals surface area (Å²) in [7, 11) is 0. The zero-order chi connectivity index (χ0) is 21.8. The Morgan fingerprint density at radius 3 is 2.73 bits per heavy atom. The molecule has 2 heterocycles. The highest BCUT2D eigenvalue weighted by Crippen LogP contribution is 2.42. The van der Waals surface area contributed by atoms with Crippen molar-refractivity contribution in [2.75, 3.05) is 26.3 Å². The summed E-state index contributed by atoms with van der Waals surface area (Å²) in [5.74, 6) is -0.0393. The zero-order valence-corrected chi connectivity index (χ0v) is 16.7. The molecular weight excluding hydrogens is 406 g/mol. The molecule has 1 amide bonds. The van der Waals surface area contributed by atoms with E-state index in [9.17, 15) is 22.4 Å². The number of piperidine rings is 1. The first-order chi connectivity index (χ1) is 14.2. The lowest BCUT2D eigenvalue weighted by Crippen LogP contribution is -2.49. The van der Waals surface area contributed by atoms with E-state index < -0.39 is 30.6 Å². The number of nitrogens with zero attached hydrogens (tertiary/aromatic N) is 1. The number of likely N-dealkylation sites (tertiary alicyclic amines) is 1. The molecule has 0 saturated carbocycles. The van der Waals surface area contributed by atoms with Gasteiger partial charge in [0.15, 0.2) is 0 Å². The first-order valence-electron chi connectivity index (χ1n) is 10.2. The van der Waals surface area contributed by atoms with Crippen LogP contribution in [0.1, 0.15) is 38.5 Å². The van der Waals surface area contributed by atoms with Gasteiger partial charge in [0.1, 0.15) is 0 Å². The third kappa shape index (κ3) is 5.63. The highest BCUT2D eigenvalue weighted by atomic mass is 19.4. The summed E-state index contributed by atoms with van der Waals surface area (Å²) in [5, 5.41) is 8.83. The maximum atomic E-state index is 13.7. The smallest absolute Gasteiger partial charge is 0.427 e. The summed E-state index contributed by atoms with van der Waals surface area (Å²) in [5.41, 5.74) is 0.554. The van der Waals surface area contributed by atoms with E-state index in [2.05, 4.69) is 4.74 Å². The van der Waals surface area contributed by atoms with Crippen LogP contribution in [0, 0.1) is 5.92 Å². The third-order valence-electron chi connectivity index (χ3n) is 5.94. The van der Waals surface area contributed by atoms with Crippen LogP contribution < -0.4 is 0 Å². The Labute approximate surface area is 173 Å². The van der Waals surface area contributed by atoms with E-state index in [4.69, 9.17) is 9.84 Å². The van der Waals surface area contributed by atoms with Gasteiger partial charge in [-0.15, -0.1) is 0 Å². The normalized spacial score (nSPS) is 30.3. The zero-order valence-electron chi connectivity index (χ0n) is 16.7. The van der Waals surface area contributed by atoms with Gasteiger partial charge in [-0.25, -0.2) is 9.18 Å². The van der Waals surface area contributed by atoms with Gasteiger partial charge in [-0.3, -0.25) is 0 Å². The van der Waals surface area contributed by atoms with Crippen LogP contribution in [0.15, 0.2) is 35.7 Å². The second-order valence-corrected chi connectivity index (χ2v) is 8.05. The maximum Gasteiger partial charge on any atom is 0.427 e. The predicted octanol–water partition coefficient (Wildman–Crippen LogP) is 4.44. The highest BCUT2D eigenvalue weighted by molar-refractivity contribution is 5.68. The number of carbonyl (C=O) groups excluding carboxylic acids is 1. The fraction of sp³-hybridized carbons (Fsp3) is 0.667. The quantitative estimate of drug-likeness (QED) is 0.669. The lowest BCUT2D eigenvalue weighted by atomic mass is 9.83. The molecule has 0 bridgehead atoms. The second kappa shape index (κ2) is 9.51. The summed E-state index contributed by atoms with van der Waals surface area (Å²) in [6, 6.07) is 0. The number of alkyl halides is 3. The standard InChI is InChI=1S/C21H27F4NO4/c22-17-5-3-1-2-4-15(6-7-17)16-12-20(29-14-16)8-10-26(11-9-20)19(28)30-18(13-27)21(23,24)25/h2,4,6-7,16,18,27H,1,3,5,8-14H2/b4-2+,15-6-,17-7+/t16?,18-/m1/s1. The van der Waals surface area contributed by atoms with Crippen LogP contribution in [0.25, 0.3) is 0 Å². The SMILES string of the molecule is O=C(O[C@H](CO)C(F)(F)F)N1CCC2(CC1)CC(C1=C\C=C(\F)CCC\C=C\1)CO2. The van der Waals surface area contributed by atoms with Gasteiger partial charge in [0.05, 0.1) is 24.6 Å². The molecule has 2 aliphatic heterocycles. The highest BCUT2D eigenvalue weighted by Gasteiger charge is 2.46. The van der Waals surface area contributed by atoms with Gasteiger partial charge in [0, 0.05) is 19.0 Å². The molecule has 9 heteroatoms. The largest absolute Gasteiger partial charge is 0.434 e. The van der Waals surface area contributed by atoms with Crippen LogP contribution in [0.2, 0.25) is 0 Å². The second-order valence-electron chi connectivity index (χ2n) is 8.05. The fourth-order valence-electron chi connectivity index (χ4n) is 4.11. The Morgan fingerprint density at radius 1 is 1.33 bits per heavy atom. The lowest BCUT2D eigenvalue weighted by molar-refractivity contribution is -0.215. The van der Waals surface area contributed by atoms with Crippen LogP contribution in [-0.4, -0.2) is 60.3 Å². The van der Waals surface area contributed by atoms with Crippen molar-refractivity contribution in [2.45, 2.75) is 56.4 Å². The molecule has 1 aliphatic carbocycles. The summed E-state index contributed by atoms with van der Waals surface area (Å²) in [6.45, 7) is -0.401. The molecule has 2 fully saturated rings. The van der Waals surface area contributed by atoms with Crippen LogP contribution in [0.5, 0.6) is 0 Å². The van der Waals surface area contributed by atoms with E-state index in [-0.39, 0.29) is 24.8 Å². The monoisotopic (exact) mass is 433 g/mol. The first kappa shape index (κ1) is 22.8. The van der Waals surface area contributed by atoms with E-state index in [0.29, 0.717) is 32.3 Å². The fourth-order valence-corrected chi connectivity index (χ4v) is 4.11. The molecule has 0 radical (unpaired) electrons. The van der Waals surface area contributed by atoms with E-state index >= 15 is 0 Å². The Bertz CT molecular complexity index is 708. The number of amides is 1. The first-order valence-corrected chi connectivity index (χ1v) is 10.2. The molecule has 0 aromatic carbocycles. The average molecular weight is 433 g/mol. The molecule has 3 rings (SSSR count). The topological polar surface area (TPSA) is 59.0 Å². The van der Waals surface area contributed by atoms with E-state index in [1.807, 2.05) is 12.2 Å². The minimum atomic E-state index is -4.81. The molecule has 168 valence electrons. The Kier molecular flexibility index (Phi) is 7.23. The molecule has 1 N–H and O–H groups in total. The number of carbonyl (C=O) groups is 1. The lowest BCUT2D eigenvalue weighted by Gasteiger charge is -2.38. The molecular formula is C21H27F4NO4. The van der Waals surface area contributed by atoms with Crippen LogP contribution >= 0.6 is 0 Å². The van der Waals surface area contributed by atoms with Gasteiger partial charge in [0.2, 0.25) is 6.10 Å². The van der Waals surface area contributed by atoms with Gasteiger partial charge in [0.25, 0.3) is 0 Å². The molecule has 2 atom stereocenters. The van der Waals surface area contributed by atoms with Crippen molar-refractivity contribution < 1.29 is 36.9 Å². The summed E-state index contributed by atoms with van der Waals surface area (Å²) in [4.78, 5) is 13.3. The molecule has 0 aromatic heterocycles. The number of aliphatic hydroxyl groups excluding tert-OH is 1. The summed E-state index contributed by atoms with van der Waals surface area (Å²) in [6.07, 6.45) is 2.61. The van der Waals surface area contributed by atoms with Crippen LogP contribution in [-0.2, 0) is 9.47 Å². The number of hydrogen-bond acceptors (Lipinski definition) is 4. The van der Waals surface area contributed by atoms with Gasteiger partial charge >= 0.3 is 12.3 Å². The molecule has 2 saturated heterocycles. The van der Waals surface area contributed by atoms with Gasteiger partial charge in [-0.2, -0.15) is 13.2 Å². The van der Waals surface area contributed by atoms with Crippen molar-refractivity contribution >= 4 is 6.09 Å². The van der Waals surface area contributed by atoms with Gasteiger partial charge < -0.3 is 19.5 Å². The number of halogens is 4. The average Bonchev–Trinajstić information content (AvgIpc) is 3.14. The van der Waals surface area contributed by atoms with Crippen LogP contribution in [0.3, 0.4) is 0 Å². The van der Waals surface area contributed by atoms with Crippen molar-refractivity contribution in [3.63, 3.8) is 0 Å². The van der Waals surface area contributed by atoms with Crippen LogP contribution in [0.4, 0.5) is 22.4 Å². The van der Waals surface area contributed by atoms with Crippen molar-refractivity contribution in [3.8, 4) is 0 Å². The Hall–Kier alpha value is -1.87. The molecule has 1 spiro atoms. The molecule has 3 aliphatic rings. The van der Waals surface area contributed by atoms with Crippen molar-refractivity contribution in [1.29, 1.82) is 0 Å². The molecule has 30 heavy (non-hydrogen) atoms. The van der Waals surface area contributed by atoms with E-state index in [0.717, 1.165) is 18.4 Å². The van der Waals surface area contributed by atoms with E-state index in [1.165, 1.54) is 11.0 Å². The minimum absolute atomic E-state index is 0.103.